The van der Waals surface area contributed by atoms with E-state index in [1.165, 1.54) is 5.56 Å². The second-order valence-corrected chi connectivity index (χ2v) is 7.68. The van der Waals surface area contributed by atoms with Gasteiger partial charge in [0, 0.05) is 24.3 Å². The van der Waals surface area contributed by atoms with Gasteiger partial charge in [0.25, 0.3) is 5.91 Å². The molecule has 6 nitrogen and oxygen atoms in total. The molecular formula is C20H26N4O2. The average molecular weight is 354 g/mol. The van der Waals surface area contributed by atoms with Crippen molar-refractivity contribution in [2.45, 2.75) is 44.8 Å². The van der Waals surface area contributed by atoms with E-state index in [9.17, 15) is 4.79 Å². The summed E-state index contributed by atoms with van der Waals surface area (Å²) in [7, 11) is 0. The number of carbonyl (C=O) groups excluding carboxylic acids is 1. The molecule has 1 spiro atoms. The lowest BCUT2D eigenvalue weighted by Gasteiger charge is -2.39. The number of benzene rings is 1. The number of aromatic nitrogens is 2. The summed E-state index contributed by atoms with van der Waals surface area (Å²) in [5, 5.41) is 10.6. The molecule has 2 atom stereocenters. The fraction of sp³-hybridized carbons (Fsp3) is 0.500. The summed E-state index contributed by atoms with van der Waals surface area (Å²) < 4.78 is 6.23. The number of amides is 1. The Bertz CT molecular complexity index is 803. The number of aryl methyl sites for hydroxylation is 2. The minimum atomic E-state index is -0.235. The van der Waals surface area contributed by atoms with Gasteiger partial charge in [0.05, 0.1) is 24.8 Å². The van der Waals surface area contributed by atoms with Crippen LogP contribution in [0.25, 0.3) is 0 Å². The van der Waals surface area contributed by atoms with Crippen molar-refractivity contribution >= 4 is 11.6 Å². The van der Waals surface area contributed by atoms with Crippen molar-refractivity contribution in [3.8, 4) is 0 Å². The molecule has 2 unspecified atom stereocenters. The van der Waals surface area contributed by atoms with Gasteiger partial charge in [-0.3, -0.25) is 9.89 Å². The van der Waals surface area contributed by atoms with Gasteiger partial charge in [-0.1, -0.05) is 12.1 Å². The molecule has 0 radical (unpaired) electrons. The number of rotatable bonds is 3. The number of anilines is 1. The number of hydrogen-bond acceptors (Lipinski definition) is 4. The van der Waals surface area contributed by atoms with Crippen LogP contribution in [-0.2, 0) is 4.74 Å². The molecule has 26 heavy (non-hydrogen) atoms. The number of nitrogens with zero attached hydrogens (tertiary/aromatic N) is 2. The van der Waals surface area contributed by atoms with Gasteiger partial charge in [0.1, 0.15) is 5.69 Å². The largest absolute Gasteiger partial charge is 0.380 e. The number of hydrogen-bond donors (Lipinski definition) is 2. The number of nitrogens with one attached hydrogen (secondary N) is 2. The minimum absolute atomic E-state index is 0.00730. The molecule has 1 amide bonds. The summed E-state index contributed by atoms with van der Waals surface area (Å²) >= 11 is 0. The first-order valence-corrected chi connectivity index (χ1v) is 9.31. The monoisotopic (exact) mass is 354 g/mol. The van der Waals surface area contributed by atoms with Crippen molar-refractivity contribution in [2.24, 2.45) is 0 Å². The fourth-order valence-corrected chi connectivity index (χ4v) is 4.15. The van der Waals surface area contributed by atoms with Gasteiger partial charge >= 0.3 is 0 Å². The zero-order valence-electron chi connectivity index (χ0n) is 15.4. The number of H-pyrrole nitrogens is 1. The van der Waals surface area contributed by atoms with E-state index in [1.54, 1.807) is 6.07 Å². The quantitative estimate of drug-likeness (QED) is 0.889. The SMILES string of the molecule is Cc1cccc(NC2COC3(CCCN(C(=O)c4cc(C)[nH]n4)C3)C2)c1. The first kappa shape index (κ1) is 17.1. The maximum Gasteiger partial charge on any atom is 0.274 e. The van der Waals surface area contributed by atoms with E-state index in [2.05, 4.69) is 46.7 Å². The molecule has 138 valence electrons. The summed E-state index contributed by atoms with van der Waals surface area (Å²) in [6.45, 7) is 6.09. The Morgan fingerprint density at radius 3 is 3.04 bits per heavy atom. The first-order chi connectivity index (χ1) is 12.5. The molecule has 2 fully saturated rings. The molecule has 1 aromatic heterocycles. The summed E-state index contributed by atoms with van der Waals surface area (Å²) in [5.74, 6) is -0.00730. The summed E-state index contributed by atoms with van der Waals surface area (Å²) in [4.78, 5) is 14.6. The Kier molecular flexibility index (Phi) is 4.44. The van der Waals surface area contributed by atoms with Crippen molar-refractivity contribution < 1.29 is 9.53 Å². The van der Waals surface area contributed by atoms with E-state index in [1.807, 2.05) is 11.8 Å². The molecular weight excluding hydrogens is 328 g/mol. The van der Waals surface area contributed by atoms with Crippen LogP contribution in [0.15, 0.2) is 30.3 Å². The van der Waals surface area contributed by atoms with E-state index in [0.717, 1.165) is 37.2 Å². The van der Waals surface area contributed by atoms with Gasteiger partial charge in [0.15, 0.2) is 0 Å². The Balaban J connectivity index is 1.41. The number of likely N-dealkylation sites (tertiary alicyclic amines) is 1. The highest BCUT2D eigenvalue weighted by atomic mass is 16.5. The van der Waals surface area contributed by atoms with E-state index < -0.39 is 0 Å². The van der Waals surface area contributed by atoms with E-state index in [-0.39, 0.29) is 17.6 Å². The maximum absolute atomic E-state index is 12.7. The lowest BCUT2D eigenvalue weighted by atomic mass is 9.88. The molecule has 2 aromatic rings. The number of ether oxygens (including phenoxy) is 1. The third-order valence-corrected chi connectivity index (χ3v) is 5.35. The number of carbonyl (C=O) groups is 1. The Labute approximate surface area is 153 Å². The lowest BCUT2D eigenvalue weighted by molar-refractivity contribution is -0.0448. The number of aromatic amines is 1. The highest BCUT2D eigenvalue weighted by molar-refractivity contribution is 5.92. The molecule has 2 N–H and O–H groups in total. The van der Waals surface area contributed by atoms with E-state index in [0.29, 0.717) is 18.8 Å². The zero-order chi connectivity index (χ0) is 18.1. The first-order valence-electron chi connectivity index (χ1n) is 9.31. The third-order valence-electron chi connectivity index (χ3n) is 5.35. The molecule has 6 heteroatoms. The standard InChI is InChI=1S/C20H26N4O2/c1-14-5-3-6-16(9-14)21-17-11-20(26-12-17)7-4-8-24(13-20)19(25)18-10-15(2)22-23-18/h3,5-6,9-10,17,21H,4,7-8,11-13H2,1-2H3,(H,22,23). The average Bonchev–Trinajstić information content (AvgIpc) is 3.21. The number of piperidine rings is 1. The Hall–Kier alpha value is -2.34. The van der Waals surface area contributed by atoms with Crippen molar-refractivity contribution in [1.82, 2.24) is 15.1 Å². The van der Waals surface area contributed by atoms with Gasteiger partial charge in [0.2, 0.25) is 0 Å². The molecule has 0 bridgehead atoms. The predicted molar refractivity (Wildman–Crippen MR) is 100 cm³/mol. The minimum Gasteiger partial charge on any atom is -0.380 e. The van der Waals surface area contributed by atoms with Gasteiger partial charge in [-0.25, -0.2) is 0 Å². The van der Waals surface area contributed by atoms with Crippen LogP contribution in [0.4, 0.5) is 5.69 Å². The second kappa shape index (κ2) is 6.76. The molecule has 2 saturated heterocycles. The summed E-state index contributed by atoms with van der Waals surface area (Å²) in [5.41, 5.74) is 3.53. The van der Waals surface area contributed by atoms with Crippen LogP contribution < -0.4 is 5.32 Å². The fourth-order valence-electron chi connectivity index (χ4n) is 4.15. The predicted octanol–water partition coefficient (Wildman–Crippen LogP) is 2.90. The van der Waals surface area contributed by atoms with Crippen molar-refractivity contribution in [3.63, 3.8) is 0 Å². The van der Waals surface area contributed by atoms with Crippen LogP contribution in [0.1, 0.15) is 41.0 Å². The van der Waals surface area contributed by atoms with Crippen molar-refractivity contribution in [1.29, 1.82) is 0 Å². The topological polar surface area (TPSA) is 70.2 Å². The van der Waals surface area contributed by atoms with Gasteiger partial charge in [-0.15, -0.1) is 0 Å². The van der Waals surface area contributed by atoms with Crippen LogP contribution in [0, 0.1) is 13.8 Å². The summed E-state index contributed by atoms with van der Waals surface area (Å²) in [6.07, 6.45) is 2.89. The molecule has 0 aliphatic carbocycles. The van der Waals surface area contributed by atoms with Crippen LogP contribution in [-0.4, -0.2) is 52.3 Å². The smallest absolute Gasteiger partial charge is 0.274 e. The third kappa shape index (κ3) is 3.46. The Morgan fingerprint density at radius 1 is 1.38 bits per heavy atom. The molecule has 2 aliphatic rings. The summed E-state index contributed by atoms with van der Waals surface area (Å²) in [6, 6.07) is 10.5. The lowest BCUT2D eigenvalue weighted by Crippen LogP contribution is -2.50. The van der Waals surface area contributed by atoms with Crippen LogP contribution in [0.5, 0.6) is 0 Å². The van der Waals surface area contributed by atoms with Gasteiger partial charge in [-0.2, -0.15) is 5.10 Å². The van der Waals surface area contributed by atoms with Crippen LogP contribution in [0.3, 0.4) is 0 Å². The highest BCUT2D eigenvalue weighted by Crippen LogP contribution is 2.36. The van der Waals surface area contributed by atoms with Crippen LogP contribution >= 0.6 is 0 Å². The zero-order valence-corrected chi connectivity index (χ0v) is 15.4. The highest BCUT2D eigenvalue weighted by Gasteiger charge is 2.44. The Morgan fingerprint density at radius 2 is 2.27 bits per heavy atom. The van der Waals surface area contributed by atoms with Crippen molar-refractivity contribution in [2.75, 3.05) is 25.0 Å². The molecule has 0 saturated carbocycles. The second-order valence-electron chi connectivity index (χ2n) is 7.68. The van der Waals surface area contributed by atoms with E-state index >= 15 is 0 Å². The van der Waals surface area contributed by atoms with Crippen molar-refractivity contribution in [3.05, 3.63) is 47.3 Å². The van der Waals surface area contributed by atoms with E-state index in [4.69, 9.17) is 4.74 Å². The molecule has 1 aromatic carbocycles. The van der Waals surface area contributed by atoms with Gasteiger partial charge in [-0.05, 0) is 50.5 Å². The normalized spacial score (nSPS) is 25.6. The molecule has 2 aliphatic heterocycles. The van der Waals surface area contributed by atoms with Crippen LogP contribution in [0.2, 0.25) is 0 Å². The van der Waals surface area contributed by atoms with Gasteiger partial charge < -0.3 is 15.0 Å². The maximum atomic E-state index is 12.7. The molecule has 4 rings (SSSR count). The molecule has 3 heterocycles.